The van der Waals surface area contributed by atoms with Crippen molar-refractivity contribution < 1.29 is 19.5 Å². The number of anilines is 1. The number of carbonyl (C=O) groups is 3. The number of nitrogens with zero attached hydrogens (tertiary/aromatic N) is 1. The van der Waals surface area contributed by atoms with Crippen LogP contribution in [0, 0.1) is 23.7 Å². The molecule has 4 atom stereocenters. The largest absolute Gasteiger partial charge is 0.481 e. The molecule has 2 bridgehead atoms. The van der Waals surface area contributed by atoms with Gasteiger partial charge in [-0.25, -0.2) is 0 Å². The number of aryl methyl sites for hydroxylation is 1. The number of allylic oxidation sites excluding steroid dienone is 2. The van der Waals surface area contributed by atoms with E-state index in [0.29, 0.717) is 23.5 Å². The number of nitrogens with one attached hydrogen (secondary N) is 2. The minimum Gasteiger partial charge on any atom is -0.481 e. The quantitative estimate of drug-likeness (QED) is 0.583. The minimum atomic E-state index is -0.929. The summed E-state index contributed by atoms with van der Waals surface area (Å²) in [4.78, 5) is 43.5. The minimum absolute atomic E-state index is 0.0569. The van der Waals surface area contributed by atoms with E-state index in [1.165, 1.54) is 11.3 Å². The molecule has 32 heavy (non-hydrogen) atoms. The van der Waals surface area contributed by atoms with Crippen LogP contribution >= 0.6 is 11.3 Å². The highest BCUT2D eigenvalue weighted by atomic mass is 32.1. The number of hydrogen-bond acceptors (Lipinski definition) is 5. The van der Waals surface area contributed by atoms with Gasteiger partial charge >= 0.3 is 5.97 Å². The Morgan fingerprint density at radius 2 is 1.91 bits per heavy atom. The maximum Gasteiger partial charge on any atom is 0.307 e. The van der Waals surface area contributed by atoms with Crippen molar-refractivity contribution in [3.63, 3.8) is 0 Å². The zero-order chi connectivity index (χ0) is 22.2. The second-order valence-corrected chi connectivity index (χ2v) is 9.89. The number of pyridine rings is 1. The second-order valence-electron chi connectivity index (χ2n) is 8.79. The van der Waals surface area contributed by atoms with E-state index < -0.39 is 17.8 Å². The average molecular weight is 452 g/mol. The number of rotatable bonds is 6. The van der Waals surface area contributed by atoms with Gasteiger partial charge in [0.15, 0.2) is 0 Å². The zero-order valence-electron chi connectivity index (χ0n) is 17.5. The molecule has 1 saturated carbocycles. The van der Waals surface area contributed by atoms with E-state index in [0.717, 1.165) is 41.7 Å². The van der Waals surface area contributed by atoms with Crippen molar-refractivity contribution in [3.8, 4) is 0 Å². The molecule has 5 rings (SSSR count). The number of thiophene rings is 1. The summed E-state index contributed by atoms with van der Waals surface area (Å²) in [6.45, 7) is 0.350. The third-order valence-electron chi connectivity index (χ3n) is 6.86. The molecule has 0 radical (unpaired) electrons. The van der Waals surface area contributed by atoms with Crippen LogP contribution in [-0.4, -0.2) is 27.9 Å². The maximum absolute atomic E-state index is 13.2. The van der Waals surface area contributed by atoms with Crippen molar-refractivity contribution >= 4 is 34.1 Å². The molecule has 0 saturated heterocycles. The van der Waals surface area contributed by atoms with Crippen molar-refractivity contribution in [2.75, 3.05) is 5.32 Å². The third kappa shape index (κ3) is 3.72. The second kappa shape index (κ2) is 8.50. The van der Waals surface area contributed by atoms with Crippen LogP contribution in [-0.2, 0) is 29.0 Å². The molecule has 1 fully saturated rings. The van der Waals surface area contributed by atoms with E-state index in [1.807, 2.05) is 24.3 Å². The molecule has 8 heteroatoms. The van der Waals surface area contributed by atoms with Gasteiger partial charge in [0.05, 0.1) is 17.4 Å². The number of carboxylic acids is 1. The van der Waals surface area contributed by atoms with E-state index in [9.17, 15) is 19.5 Å². The van der Waals surface area contributed by atoms with E-state index >= 15 is 0 Å². The Balaban J connectivity index is 1.39. The molecule has 7 nitrogen and oxygen atoms in total. The Morgan fingerprint density at radius 1 is 1.12 bits per heavy atom. The van der Waals surface area contributed by atoms with Crippen LogP contribution in [0.3, 0.4) is 0 Å². The summed E-state index contributed by atoms with van der Waals surface area (Å²) in [6, 6.07) is 3.72. The standard InChI is InChI=1S/C24H25N3O4S/c28-21(26-12-13-4-3-9-25-11-13)20-16-5-1-2-6-17(16)32-23(20)27-22(29)18-14-7-8-15(10-14)19(18)24(30)31/h3-4,7-9,11,14-15,18-19H,1-2,5-6,10,12H2,(H,26,28)(H,27,29)(H,30,31)/t14-,15-,18-,19-/m0/s1. The molecule has 0 aromatic carbocycles. The zero-order valence-corrected chi connectivity index (χ0v) is 18.4. The first-order chi connectivity index (χ1) is 15.5. The molecule has 3 aliphatic carbocycles. The van der Waals surface area contributed by atoms with E-state index in [2.05, 4.69) is 15.6 Å². The van der Waals surface area contributed by atoms with Crippen LogP contribution in [0.4, 0.5) is 5.00 Å². The first-order valence-corrected chi connectivity index (χ1v) is 11.9. The maximum atomic E-state index is 13.2. The van der Waals surface area contributed by atoms with Gasteiger partial charge in [-0.3, -0.25) is 19.4 Å². The van der Waals surface area contributed by atoms with Crippen LogP contribution < -0.4 is 10.6 Å². The first-order valence-electron chi connectivity index (χ1n) is 11.1. The number of amides is 2. The molecule has 3 N–H and O–H groups in total. The fourth-order valence-corrected chi connectivity index (χ4v) is 6.67. The molecule has 3 aliphatic rings. The summed E-state index contributed by atoms with van der Waals surface area (Å²) in [5.74, 6) is -2.90. The van der Waals surface area contributed by atoms with Gasteiger partial charge in [-0.2, -0.15) is 0 Å². The van der Waals surface area contributed by atoms with Gasteiger partial charge in [-0.15, -0.1) is 11.3 Å². The normalized spacial score (nSPS) is 25.4. The fraction of sp³-hybridized carbons (Fsp3) is 0.417. The molecule has 2 heterocycles. The lowest BCUT2D eigenvalue weighted by Crippen LogP contribution is -2.36. The Morgan fingerprint density at radius 3 is 2.66 bits per heavy atom. The Hall–Kier alpha value is -3.00. The smallest absolute Gasteiger partial charge is 0.307 e. The summed E-state index contributed by atoms with van der Waals surface area (Å²) >= 11 is 1.46. The van der Waals surface area contributed by atoms with Crippen molar-refractivity contribution in [2.24, 2.45) is 23.7 Å². The van der Waals surface area contributed by atoms with Crippen LogP contribution in [0.2, 0.25) is 0 Å². The molecule has 2 aromatic heterocycles. The lowest BCUT2D eigenvalue weighted by atomic mass is 9.82. The number of fused-ring (bicyclic) bond motifs is 3. The van der Waals surface area contributed by atoms with Gasteiger partial charge in [0.1, 0.15) is 5.00 Å². The summed E-state index contributed by atoms with van der Waals surface area (Å²) < 4.78 is 0. The molecular weight excluding hydrogens is 426 g/mol. The van der Waals surface area contributed by atoms with Crippen LogP contribution in [0.25, 0.3) is 0 Å². The number of aromatic nitrogens is 1. The van der Waals surface area contributed by atoms with Gasteiger partial charge in [-0.05, 0) is 61.1 Å². The number of hydrogen-bond donors (Lipinski definition) is 3. The van der Waals surface area contributed by atoms with Gasteiger partial charge in [0.2, 0.25) is 5.91 Å². The molecule has 0 spiro atoms. The number of carboxylic acid groups (broad SMARTS) is 1. The summed E-state index contributed by atoms with van der Waals surface area (Å²) in [7, 11) is 0. The Kier molecular flexibility index (Phi) is 5.55. The average Bonchev–Trinajstić information content (AvgIpc) is 3.50. The SMILES string of the molecule is O=C(NCc1cccnc1)c1c(NC(=O)[C@@H]2[C@@H](C(=O)O)[C@H]3C=C[C@H]2C3)sc2c1CCCC2. The van der Waals surface area contributed by atoms with Gasteiger partial charge in [0, 0.05) is 23.8 Å². The van der Waals surface area contributed by atoms with Crippen molar-refractivity contribution in [3.05, 3.63) is 58.2 Å². The molecular formula is C24H25N3O4S. The summed E-state index contributed by atoms with van der Waals surface area (Å²) in [6.07, 6.45) is 11.8. The van der Waals surface area contributed by atoms with Gasteiger partial charge < -0.3 is 15.7 Å². The number of carbonyl (C=O) groups excluding carboxylic acids is 2. The number of aliphatic carboxylic acids is 1. The fourth-order valence-electron chi connectivity index (χ4n) is 5.38. The predicted octanol–water partition coefficient (Wildman–Crippen LogP) is 3.41. The van der Waals surface area contributed by atoms with Crippen molar-refractivity contribution in [1.82, 2.24) is 10.3 Å². The van der Waals surface area contributed by atoms with Crippen molar-refractivity contribution in [1.29, 1.82) is 0 Å². The molecule has 0 aliphatic heterocycles. The molecule has 166 valence electrons. The van der Waals surface area contributed by atoms with E-state index in [-0.39, 0.29) is 23.7 Å². The summed E-state index contributed by atoms with van der Waals surface area (Å²) in [5.41, 5.74) is 2.45. The van der Waals surface area contributed by atoms with Crippen LogP contribution in [0.1, 0.15) is 45.6 Å². The lowest BCUT2D eigenvalue weighted by molar-refractivity contribution is -0.146. The van der Waals surface area contributed by atoms with Gasteiger partial charge in [0.25, 0.3) is 5.91 Å². The van der Waals surface area contributed by atoms with Crippen LogP contribution in [0.5, 0.6) is 0 Å². The van der Waals surface area contributed by atoms with Gasteiger partial charge in [-0.1, -0.05) is 18.2 Å². The highest BCUT2D eigenvalue weighted by Crippen LogP contribution is 2.49. The molecule has 2 amide bonds. The Labute approximate surface area is 189 Å². The highest BCUT2D eigenvalue weighted by Gasteiger charge is 2.51. The Bertz CT molecular complexity index is 1090. The molecule has 2 aromatic rings. The monoisotopic (exact) mass is 451 g/mol. The summed E-state index contributed by atoms with van der Waals surface area (Å²) in [5, 5.41) is 16.2. The molecule has 0 unspecified atom stereocenters. The topological polar surface area (TPSA) is 108 Å². The van der Waals surface area contributed by atoms with E-state index in [4.69, 9.17) is 0 Å². The third-order valence-corrected chi connectivity index (χ3v) is 8.07. The van der Waals surface area contributed by atoms with E-state index in [1.54, 1.807) is 12.4 Å². The predicted molar refractivity (Wildman–Crippen MR) is 120 cm³/mol. The van der Waals surface area contributed by atoms with Crippen LogP contribution in [0.15, 0.2) is 36.7 Å². The first kappa shape index (κ1) is 20.9. The lowest BCUT2D eigenvalue weighted by Gasteiger charge is -2.23. The highest BCUT2D eigenvalue weighted by molar-refractivity contribution is 7.17. The van der Waals surface area contributed by atoms with Crippen molar-refractivity contribution in [2.45, 2.75) is 38.6 Å².